The molecule has 2 aliphatic rings. The van der Waals surface area contributed by atoms with Crippen LogP contribution in [0.2, 0.25) is 0 Å². The van der Waals surface area contributed by atoms with Crippen LogP contribution in [0.5, 0.6) is 5.75 Å². The Kier molecular flexibility index (Phi) is 5.00. The van der Waals surface area contributed by atoms with Crippen LogP contribution in [0.25, 0.3) is 10.9 Å². The van der Waals surface area contributed by atoms with Crippen LogP contribution >= 0.6 is 0 Å². The van der Waals surface area contributed by atoms with Gasteiger partial charge in [-0.15, -0.1) is 0 Å². The monoisotopic (exact) mass is 445 g/mol. The van der Waals surface area contributed by atoms with Gasteiger partial charge in [0.15, 0.2) is 0 Å². The van der Waals surface area contributed by atoms with Gasteiger partial charge in [0.2, 0.25) is 0 Å². The molecule has 3 aromatic rings. The third-order valence-corrected chi connectivity index (χ3v) is 7.20. The summed E-state index contributed by atoms with van der Waals surface area (Å²) < 4.78 is 5.17. The number of anilines is 1. The third-order valence-electron chi connectivity index (χ3n) is 7.20. The van der Waals surface area contributed by atoms with Crippen molar-refractivity contribution in [2.75, 3.05) is 19.0 Å². The summed E-state index contributed by atoms with van der Waals surface area (Å²) in [7, 11) is 1.61. The molecular weight excluding hydrogens is 414 g/mol. The summed E-state index contributed by atoms with van der Waals surface area (Å²) in [6.07, 6.45) is 4.96. The number of carbonyl (C=O) groups is 2. The van der Waals surface area contributed by atoms with Gasteiger partial charge in [-0.3, -0.25) is 9.59 Å². The molecule has 0 radical (unpaired) electrons. The standard InChI is InChI=1S/C27H31N3O3/c1-26(2)12-19-13-27(3,15-26)16-30(19)25(32)17-5-10-23-21(11-17)22(14-28-23)24(31)29-18-6-8-20(33-4)9-7-18/h5-11,14,19,28H,12-13,15-16H2,1-4H3,(H,29,31). The lowest BCUT2D eigenvalue weighted by atomic mass is 9.65. The van der Waals surface area contributed by atoms with E-state index < -0.39 is 0 Å². The predicted molar refractivity (Wildman–Crippen MR) is 130 cm³/mol. The molecule has 6 heteroatoms. The lowest BCUT2D eigenvalue weighted by molar-refractivity contribution is 0.0708. The van der Waals surface area contributed by atoms with E-state index in [1.54, 1.807) is 37.6 Å². The molecule has 6 nitrogen and oxygen atoms in total. The first-order valence-corrected chi connectivity index (χ1v) is 11.5. The molecule has 2 unspecified atom stereocenters. The van der Waals surface area contributed by atoms with E-state index in [9.17, 15) is 9.59 Å². The maximum Gasteiger partial charge on any atom is 0.257 e. The number of ether oxygens (including phenoxy) is 1. The maximum atomic E-state index is 13.5. The van der Waals surface area contributed by atoms with Gasteiger partial charge in [0.05, 0.1) is 12.7 Å². The number of hydrogen-bond donors (Lipinski definition) is 2. The number of hydrogen-bond acceptors (Lipinski definition) is 3. The summed E-state index contributed by atoms with van der Waals surface area (Å²) in [4.78, 5) is 31.8. The van der Waals surface area contributed by atoms with E-state index in [0.717, 1.165) is 42.5 Å². The SMILES string of the molecule is COc1ccc(NC(=O)c2c[nH]c3ccc(C(=O)N4CC5(C)CC4CC(C)(C)C5)cc23)cc1. The molecule has 2 heterocycles. The summed E-state index contributed by atoms with van der Waals surface area (Å²) in [5.74, 6) is 0.570. The van der Waals surface area contributed by atoms with Crippen LogP contribution in [0.1, 0.15) is 60.7 Å². The zero-order valence-corrected chi connectivity index (χ0v) is 19.7. The highest BCUT2D eigenvalue weighted by atomic mass is 16.5. The quantitative estimate of drug-likeness (QED) is 0.559. The van der Waals surface area contributed by atoms with Gasteiger partial charge in [-0.2, -0.15) is 0 Å². The van der Waals surface area contributed by atoms with E-state index in [1.807, 2.05) is 18.2 Å². The molecule has 1 aliphatic carbocycles. The fourth-order valence-electron chi connectivity index (χ4n) is 6.18. The van der Waals surface area contributed by atoms with Crippen molar-refractivity contribution in [1.29, 1.82) is 0 Å². The summed E-state index contributed by atoms with van der Waals surface area (Å²) in [5.41, 5.74) is 3.11. The Balaban J connectivity index is 1.40. The predicted octanol–water partition coefficient (Wildman–Crippen LogP) is 5.47. The lowest BCUT2D eigenvalue weighted by Gasteiger charge is -2.39. The average molecular weight is 446 g/mol. The van der Waals surface area contributed by atoms with Crippen molar-refractivity contribution in [2.24, 2.45) is 10.8 Å². The highest BCUT2D eigenvalue weighted by Gasteiger charge is 2.51. The molecule has 33 heavy (non-hydrogen) atoms. The van der Waals surface area contributed by atoms with Crippen LogP contribution in [-0.4, -0.2) is 41.4 Å². The zero-order valence-electron chi connectivity index (χ0n) is 19.7. The van der Waals surface area contributed by atoms with Gasteiger partial charge in [0, 0.05) is 40.9 Å². The second-order valence-corrected chi connectivity index (χ2v) is 10.8. The Morgan fingerprint density at radius 1 is 1.09 bits per heavy atom. The van der Waals surface area contributed by atoms with Gasteiger partial charge in [0.25, 0.3) is 11.8 Å². The first-order chi connectivity index (χ1) is 15.7. The van der Waals surface area contributed by atoms with E-state index >= 15 is 0 Å². The van der Waals surface area contributed by atoms with Crippen molar-refractivity contribution in [3.8, 4) is 5.75 Å². The third kappa shape index (κ3) is 3.99. The zero-order chi connectivity index (χ0) is 23.4. The lowest BCUT2D eigenvalue weighted by Crippen LogP contribution is -2.37. The molecule has 2 bridgehead atoms. The number of benzene rings is 2. The van der Waals surface area contributed by atoms with Crippen LogP contribution in [-0.2, 0) is 0 Å². The van der Waals surface area contributed by atoms with Gasteiger partial charge in [-0.25, -0.2) is 0 Å². The smallest absolute Gasteiger partial charge is 0.257 e. The van der Waals surface area contributed by atoms with Gasteiger partial charge < -0.3 is 19.9 Å². The summed E-state index contributed by atoms with van der Waals surface area (Å²) in [6.45, 7) is 7.73. The number of nitrogens with zero attached hydrogens (tertiary/aromatic N) is 1. The van der Waals surface area contributed by atoms with Crippen LogP contribution in [0, 0.1) is 10.8 Å². The van der Waals surface area contributed by atoms with Crippen molar-refractivity contribution in [3.63, 3.8) is 0 Å². The van der Waals surface area contributed by atoms with Crippen molar-refractivity contribution in [1.82, 2.24) is 9.88 Å². The van der Waals surface area contributed by atoms with E-state index in [2.05, 4.69) is 36.0 Å². The fraction of sp³-hybridized carbons (Fsp3) is 0.407. The van der Waals surface area contributed by atoms with Gasteiger partial charge >= 0.3 is 0 Å². The van der Waals surface area contributed by atoms with Crippen LogP contribution in [0.3, 0.4) is 0 Å². The molecule has 2 amide bonds. The first kappa shape index (κ1) is 21.6. The number of likely N-dealkylation sites (tertiary alicyclic amines) is 1. The second-order valence-electron chi connectivity index (χ2n) is 10.8. The summed E-state index contributed by atoms with van der Waals surface area (Å²) >= 11 is 0. The normalized spacial score (nSPS) is 23.5. The number of carbonyl (C=O) groups excluding carboxylic acids is 2. The summed E-state index contributed by atoms with van der Waals surface area (Å²) in [6, 6.07) is 13.1. The number of methoxy groups -OCH3 is 1. The molecule has 2 atom stereocenters. The molecule has 0 spiro atoms. The Morgan fingerprint density at radius 3 is 2.58 bits per heavy atom. The summed E-state index contributed by atoms with van der Waals surface area (Å²) in [5, 5.41) is 3.68. The average Bonchev–Trinajstić information content (AvgIpc) is 3.30. The molecule has 2 N–H and O–H groups in total. The number of rotatable bonds is 4. The minimum atomic E-state index is -0.220. The fourth-order valence-corrected chi connectivity index (χ4v) is 6.18. The highest BCUT2D eigenvalue weighted by Crippen LogP contribution is 2.52. The van der Waals surface area contributed by atoms with Crippen LogP contribution in [0.4, 0.5) is 5.69 Å². The van der Waals surface area contributed by atoms with Crippen molar-refractivity contribution < 1.29 is 14.3 Å². The van der Waals surface area contributed by atoms with Gasteiger partial charge in [0.1, 0.15) is 5.75 Å². The second kappa shape index (κ2) is 7.65. The molecular formula is C27H31N3O3. The number of H-pyrrole nitrogens is 1. The number of nitrogens with one attached hydrogen (secondary N) is 2. The number of aromatic nitrogens is 1. The van der Waals surface area contributed by atoms with E-state index in [-0.39, 0.29) is 28.7 Å². The number of amides is 2. The molecule has 2 fully saturated rings. The first-order valence-electron chi connectivity index (χ1n) is 11.5. The van der Waals surface area contributed by atoms with Gasteiger partial charge in [-0.05, 0) is 72.6 Å². The van der Waals surface area contributed by atoms with E-state index in [4.69, 9.17) is 4.74 Å². The Bertz CT molecular complexity index is 1230. The molecule has 1 aliphatic heterocycles. The van der Waals surface area contributed by atoms with Crippen molar-refractivity contribution in [3.05, 3.63) is 59.8 Å². The minimum absolute atomic E-state index is 0.0611. The largest absolute Gasteiger partial charge is 0.497 e. The van der Waals surface area contributed by atoms with E-state index in [0.29, 0.717) is 16.8 Å². The molecule has 1 aromatic heterocycles. The maximum absolute atomic E-state index is 13.5. The topological polar surface area (TPSA) is 74.4 Å². The number of aromatic amines is 1. The van der Waals surface area contributed by atoms with Crippen LogP contribution < -0.4 is 10.1 Å². The molecule has 1 saturated carbocycles. The highest BCUT2D eigenvalue weighted by molar-refractivity contribution is 6.13. The van der Waals surface area contributed by atoms with E-state index in [1.165, 1.54) is 0 Å². The molecule has 5 rings (SSSR count). The van der Waals surface area contributed by atoms with Gasteiger partial charge in [-0.1, -0.05) is 20.8 Å². The Labute approximate surface area is 194 Å². The van der Waals surface area contributed by atoms with Crippen LogP contribution in [0.15, 0.2) is 48.7 Å². The molecule has 172 valence electrons. The Hall–Kier alpha value is -3.28. The Morgan fingerprint density at radius 2 is 1.85 bits per heavy atom. The van der Waals surface area contributed by atoms with Crippen molar-refractivity contribution >= 4 is 28.4 Å². The molecule has 2 aromatic carbocycles. The van der Waals surface area contributed by atoms with Crippen molar-refractivity contribution in [2.45, 2.75) is 46.1 Å². The number of fused-ring (bicyclic) bond motifs is 3. The molecule has 1 saturated heterocycles. The minimum Gasteiger partial charge on any atom is -0.497 e.